The van der Waals surface area contributed by atoms with Crippen molar-refractivity contribution in [3.05, 3.63) is 22.2 Å². The molecule has 4 atom stereocenters. The lowest BCUT2D eigenvalue weighted by Gasteiger charge is -2.16. The molecule has 3 aliphatic heterocycles. The van der Waals surface area contributed by atoms with Gasteiger partial charge in [0.05, 0.1) is 6.61 Å². The zero-order valence-electron chi connectivity index (χ0n) is 14.8. The van der Waals surface area contributed by atoms with E-state index in [1.807, 2.05) is 0 Å². The van der Waals surface area contributed by atoms with E-state index in [0.717, 1.165) is 11.8 Å². The molecule has 0 spiro atoms. The number of phosphoric ester groups is 1. The monoisotopic (exact) mass is 523 g/mol. The normalized spacial score (nSPS) is 29.6. The Hall–Kier alpha value is -1.55. The van der Waals surface area contributed by atoms with Crippen molar-refractivity contribution in [3.63, 3.8) is 0 Å². The molecule has 0 unspecified atom stereocenters. The molecule has 5 N–H and O–H groups in total. The van der Waals surface area contributed by atoms with E-state index in [4.69, 9.17) is 19.9 Å². The molecule has 0 aromatic carbocycles. The standard InChI is InChI=1S/C14H15BrN5O8PS/c15-7(21)2-1-3-30-14-18-11(16)8-12(19-14)20(5-17-8)13-10(23)9(22)6(28-13)4-27-29(24,25)26/h1-3,5-6,9-10,13,16,22-23H,4H2,(H2-,21,24,25,26)/b3-1+,7-2-,16-11?/t6-,9-,10-,13-/m1/s1. The fraction of sp³-hybridized carbons (Fsp3) is 0.357. The molecule has 0 aromatic rings. The number of nitrogens with zero attached hydrogens (tertiary/aromatic N) is 4. The van der Waals surface area contributed by atoms with Crippen molar-refractivity contribution < 1.29 is 43.5 Å². The minimum Gasteiger partial charge on any atom is -0.867 e. The molecule has 3 heterocycles. The summed E-state index contributed by atoms with van der Waals surface area (Å²) in [5.41, 5.74) is 0.116. The number of aliphatic hydroxyl groups is 2. The summed E-state index contributed by atoms with van der Waals surface area (Å²) in [6, 6.07) is 0. The third-order valence-corrected chi connectivity index (χ3v) is 5.33. The topological polar surface area (TPSA) is 203 Å². The van der Waals surface area contributed by atoms with Gasteiger partial charge >= 0.3 is 13.7 Å². The van der Waals surface area contributed by atoms with E-state index < -0.39 is 39.0 Å². The molecule has 1 saturated heterocycles. The third kappa shape index (κ3) is 5.38. The van der Waals surface area contributed by atoms with Crippen molar-refractivity contribution in [3.8, 4) is 0 Å². The van der Waals surface area contributed by atoms with Gasteiger partial charge in [0.1, 0.15) is 18.3 Å². The predicted molar refractivity (Wildman–Crippen MR) is 109 cm³/mol. The number of ether oxygens (including phenoxy) is 1. The number of rotatable bonds is 6. The van der Waals surface area contributed by atoms with Crippen LogP contribution >= 0.6 is 35.5 Å². The number of fused-ring (bicyclic) bond motifs is 1. The summed E-state index contributed by atoms with van der Waals surface area (Å²) in [6.07, 6.45) is -1.42. The van der Waals surface area contributed by atoms with Crippen LogP contribution in [0.2, 0.25) is 0 Å². The molecule has 0 saturated carbocycles. The summed E-state index contributed by atoms with van der Waals surface area (Å²) in [6.45, 7) is -0.654. The zero-order valence-corrected chi connectivity index (χ0v) is 18.1. The Balaban J connectivity index is 1.75. The van der Waals surface area contributed by atoms with Gasteiger partial charge in [0, 0.05) is 0 Å². The second kappa shape index (κ2) is 9.30. The first-order valence-corrected chi connectivity index (χ1v) is 11.3. The van der Waals surface area contributed by atoms with Crippen LogP contribution in [0, 0.1) is 5.41 Å². The number of amidine groups is 3. The molecule has 13 nitrogen and oxygen atoms in total. The first kappa shape index (κ1) is 23.1. The van der Waals surface area contributed by atoms with Crippen LogP contribution in [0.4, 0.5) is 0 Å². The fourth-order valence-electron chi connectivity index (χ4n) is 2.62. The molecule has 3 aliphatic rings. The maximum absolute atomic E-state index is 10.9. The van der Waals surface area contributed by atoms with Crippen molar-refractivity contribution in [1.29, 1.82) is 5.41 Å². The maximum Gasteiger partial charge on any atom is 0.469 e. The molecule has 0 aliphatic carbocycles. The number of hydrogen-bond acceptors (Lipinski definition) is 10. The van der Waals surface area contributed by atoms with E-state index in [1.165, 1.54) is 28.5 Å². The van der Waals surface area contributed by atoms with E-state index in [2.05, 4.69) is 35.4 Å². The van der Waals surface area contributed by atoms with Crippen molar-refractivity contribution in [2.45, 2.75) is 24.5 Å². The fourth-order valence-corrected chi connectivity index (χ4v) is 3.67. The van der Waals surface area contributed by atoms with E-state index in [0.29, 0.717) is 0 Å². The van der Waals surface area contributed by atoms with Crippen LogP contribution in [0.3, 0.4) is 0 Å². The van der Waals surface area contributed by atoms with E-state index in [9.17, 15) is 19.9 Å². The van der Waals surface area contributed by atoms with Crippen LogP contribution in [0.5, 0.6) is 0 Å². The smallest absolute Gasteiger partial charge is 0.469 e. The largest absolute Gasteiger partial charge is 0.867 e. The van der Waals surface area contributed by atoms with Gasteiger partial charge in [-0.2, -0.15) is 9.57 Å². The zero-order chi connectivity index (χ0) is 22.1. The number of hydrogen-bond donors (Lipinski definition) is 5. The Morgan fingerprint density at radius 3 is 2.83 bits per heavy atom. The van der Waals surface area contributed by atoms with Gasteiger partial charge in [-0.05, 0) is 17.2 Å². The lowest BCUT2D eigenvalue weighted by molar-refractivity contribution is -0.517. The Kier molecular flexibility index (Phi) is 7.16. The Morgan fingerprint density at radius 1 is 1.43 bits per heavy atom. The Labute approximate surface area is 181 Å². The average molecular weight is 524 g/mol. The minimum atomic E-state index is -4.79. The van der Waals surface area contributed by atoms with Gasteiger partial charge in [-0.3, -0.25) is 9.93 Å². The first-order chi connectivity index (χ1) is 14.1. The molecule has 0 radical (unpaired) electrons. The summed E-state index contributed by atoms with van der Waals surface area (Å²) in [7, 11) is -4.79. The number of aliphatic hydroxyl groups excluding tert-OH is 2. The average Bonchev–Trinajstić information content (AvgIpc) is 3.19. The van der Waals surface area contributed by atoms with Gasteiger partial charge in [-0.1, -0.05) is 37.7 Å². The maximum atomic E-state index is 10.9. The lowest BCUT2D eigenvalue weighted by Crippen LogP contribution is -2.44. The van der Waals surface area contributed by atoms with Crippen LogP contribution in [0.1, 0.15) is 0 Å². The van der Waals surface area contributed by atoms with Gasteiger partial charge in [0.15, 0.2) is 5.84 Å². The Morgan fingerprint density at radius 2 is 2.17 bits per heavy atom. The lowest BCUT2D eigenvalue weighted by atomic mass is 10.1. The highest BCUT2D eigenvalue weighted by Gasteiger charge is 2.50. The van der Waals surface area contributed by atoms with E-state index in [1.54, 1.807) is 0 Å². The van der Waals surface area contributed by atoms with Gasteiger partial charge in [-0.25, -0.2) is 4.57 Å². The second-order valence-corrected chi connectivity index (χ2v) is 8.82. The molecule has 0 amide bonds. The molecular weight excluding hydrogens is 509 g/mol. The number of allylic oxidation sites excluding steroid dienone is 2. The minimum absolute atomic E-state index is 0.116. The molecular formula is C14H15BrN5O8PS. The molecule has 30 heavy (non-hydrogen) atoms. The molecule has 0 aromatic heterocycles. The quantitative estimate of drug-likeness (QED) is 0.120. The van der Waals surface area contributed by atoms with Crippen molar-refractivity contribution >= 4 is 64.4 Å². The first-order valence-electron chi connectivity index (χ1n) is 8.10. The summed E-state index contributed by atoms with van der Waals surface area (Å²) >= 11 is 3.78. The van der Waals surface area contributed by atoms with Crippen LogP contribution in [-0.2, 0) is 13.8 Å². The van der Waals surface area contributed by atoms with Crippen LogP contribution < -0.4 is 5.11 Å². The van der Waals surface area contributed by atoms with Gasteiger partial charge in [-0.15, -0.1) is 4.99 Å². The summed E-state index contributed by atoms with van der Waals surface area (Å²) in [5.74, 6) is -0.0520. The van der Waals surface area contributed by atoms with E-state index in [-0.39, 0.29) is 27.2 Å². The van der Waals surface area contributed by atoms with Crippen LogP contribution in [-0.4, -0.2) is 84.6 Å². The van der Waals surface area contributed by atoms with Crippen molar-refractivity contribution in [1.82, 2.24) is 0 Å². The van der Waals surface area contributed by atoms with E-state index >= 15 is 0 Å². The highest BCUT2D eigenvalue weighted by atomic mass is 79.9. The molecule has 16 heteroatoms. The molecule has 162 valence electrons. The molecule has 1 fully saturated rings. The predicted octanol–water partition coefficient (Wildman–Crippen LogP) is -1.37. The SMILES string of the molecule is N=C1N=C(S/C=C/C=C(\[O-])Br)N=C2C1=NC=[N+]2[C@@H]1O[C@H](COP(=O)(O)O)[C@@H](O)[C@H]1O. The van der Waals surface area contributed by atoms with Gasteiger partial charge < -0.3 is 29.8 Å². The van der Waals surface area contributed by atoms with Crippen molar-refractivity contribution in [2.75, 3.05) is 6.61 Å². The second-order valence-electron chi connectivity index (χ2n) is 5.93. The highest BCUT2D eigenvalue weighted by molar-refractivity contribution is 9.11. The highest BCUT2D eigenvalue weighted by Crippen LogP contribution is 2.37. The van der Waals surface area contributed by atoms with Gasteiger partial charge in [0.2, 0.25) is 12.6 Å². The molecule has 3 rings (SSSR count). The third-order valence-electron chi connectivity index (χ3n) is 3.90. The number of nitrogens with one attached hydrogen (secondary N) is 1. The number of aliphatic imine (C=N–C) groups is 3. The number of thioether (sulfide) groups is 1. The summed E-state index contributed by atoms with van der Waals surface area (Å²) < 4.78 is 21.7. The Bertz CT molecular complexity index is 969. The van der Waals surface area contributed by atoms with Crippen LogP contribution in [0.15, 0.2) is 37.2 Å². The molecule has 0 bridgehead atoms. The van der Waals surface area contributed by atoms with Crippen molar-refractivity contribution in [2.24, 2.45) is 15.0 Å². The number of halogens is 1. The summed E-state index contributed by atoms with van der Waals surface area (Å²) in [5, 5.41) is 41.0. The summed E-state index contributed by atoms with van der Waals surface area (Å²) in [4.78, 5) is 29.9. The number of phosphoric acid groups is 1. The van der Waals surface area contributed by atoms with Gasteiger partial charge in [0.25, 0.3) is 10.9 Å². The van der Waals surface area contributed by atoms with Crippen LogP contribution in [0.25, 0.3) is 0 Å².